The number of fused-ring (bicyclic) bond motifs is 1. The minimum atomic E-state index is -0.424. The molecule has 0 amide bonds. The van der Waals surface area contributed by atoms with Crippen LogP contribution in [0.25, 0.3) is 16.9 Å². The summed E-state index contributed by atoms with van der Waals surface area (Å²) >= 11 is 0. The van der Waals surface area contributed by atoms with Crippen LogP contribution < -0.4 is 11.2 Å². The van der Waals surface area contributed by atoms with Gasteiger partial charge >= 0.3 is 5.69 Å². The second-order valence-electron chi connectivity index (χ2n) is 7.19. The molecule has 0 atom stereocenters. The Hall–Kier alpha value is -3.67. The van der Waals surface area contributed by atoms with E-state index in [0.29, 0.717) is 23.4 Å². The average molecular weight is 386 g/mol. The lowest BCUT2D eigenvalue weighted by atomic mass is 10.1. The predicted octanol–water partition coefficient (Wildman–Crippen LogP) is 3.20. The van der Waals surface area contributed by atoms with Crippen LogP contribution in [0.5, 0.6) is 0 Å². The minimum Gasteiger partial charge on any atom is -0.320 e. The van der Waals surface area contributed by atoms with Gasteiger partial charge in [0.2, 0.25) is 0 Å². The Morgan fingerprint density at radius 3 is 2.48 bits per heavy atom. The molecule has 2 aromatic carbocycles. The van der Waals surface area contributed by atoms with Gasteiger partial charge in [0, 0.05) is 13.1 Å². The number of hydrogen-bond acceptors (Lipinski definition) is 3. The Bertz CT molecular complexity index is 1320. The predicted molar refractivity (Wildman–Crippen MR) is 115 cm³/mol. The van der Waals surface area contributed by atoms with Crippen molar-refractivity contribution in [2.24, 2.45) is 0 Å². The molecular formula is C23H22N4O2. The minimum absolute atomic E-state index is 0.134. The molecule has 0 aliphatic rings. The Kier molecular flexibility index (Phi) is 4.76. The van der Waals surface area contributed by atoms with E-state index in [-0.39, 0.29) is 12.1 Å². The van der Waals surface area contributed by atoms with Gasteiger partial charge in [-0.25, -0.2) is 14.3 Å². The van der Waals surface area contributed by atoms with Crippen LogP contribution in [0.1, 0.15) is 16.7 Å². The van der Waals surface area contributed by atoms with Gasteiger partial charge in [0.1, 0.15) is 0 Å². The molecule has 2 heterocycles. The lowest BCUT2D eigenvalue weighted by Gasteiger charge is -2.12. The number of benzene rings is 2. The molecule has 0 fully saturated rings. The first kappa shape index (κ1) is 18.7. The number of aryl methyl sites for hydroxylation is 2. The Balaban J connectivity index is 1.99. The van der Waals surface area contributed by atoms with Crippen molar-refractivity contribution in [1.29, 1.82) is 0 Å². The molecule has 0 spiro atoms. The third-order valence-electron chi connectivity index (χ3n) is 4.94. The van der Waals surface area contributed by atoms with Gasteiger partial charge in [-0.1, -0.05) is 53.6 Å². The van der Waals surface area contributed by atoms with Crippen molar-refractivity contribution in [3.8, 4) is 5.69 Å². The van der Waals surface area contributed by atoms with Crippen molar-refractivity contribution in [3.63, 3.8) is 0 Å². The molecule has 0 N–H and O–H groups in total. The highest BCUT2D eigenvalue weighted by atomic mass is 16.2. The molecule has 6 heteroatoms. The maximum Gasteiger partial charge on any atom is 0.337 e. The first-order valence-electron chi connectivity index (χ1n) is 9.44. The highest BCUT2D eigenvalue weighted by Crippen LogP contribution is 2.15. The molecule has 0 saturated carbocycles. The highest BCUT2D eigenvalue weighted by molar-refractivity contribution is 5.72. The molecule has 4 aromatic rings. The van der Waals surface area contributed by atoms with Crippen molar-refractivity contribution < 1.29 is 0 Å². The van der Waals surface area contributed by atoms with E-state index in [9.17, 15) is 9.59 Å². The summed E-state index contributed by atoms with van der Waals surface area (Å²) in [6, 6.07) is 15.7. The molecule has 29 heavy (non-hydrogen) atoms. The molecule has 2 aromatic heterocycles. The quantitative estimate of drug-likeness (QED) is 0.495. The summed E-state index contributed by atoms with van der Waals surface area (Å²) in [5, 5.41) is 0. The molecule has 4 rings (SSSR count). The lowest BCUT2D eigenvalue weighted by Crippen LogP contribution is -2.39. The summed E-state index contributed by atoms with van der Waals surface area (Å²) in [6.45, 7) is 8.33. The number of aromatic nitrogens is 4. The molecule has 0 aliphatic heterocycles. The van der Waals surface area contributed by atoms with Gasteiger partial charge in [0.25, 0.3) is 5.56 Å². The van der Waals surface area contributed by atoms with Crippen molar-refractivity contribution in [2.75, 3.05) is 0 Å². The zero-order chi connectivity index (χ0) is 20.5. The fraction of sp³-hybridized carbons (Fsp3) is 0.174. The Labute approximate surface area is 168 Å². The largest absolute Gasteiger partial charge is 0.337 e. The zero-order valence-corrected chi connectivity index (χ0v) is 16.5. The second-order valence-corrected chi connectivity index (χ2v) is 7.19. The molecule has 6 nitrogen and oxygen atoms in total. The van der Waals surface area contributed by atoms with E-state index < -0.39 is 5.69 Å². The fourth-order valence-electron chi connectivity index (χ4n) is 3.52. The number of allylic oxidation sites excluding steroid dienone is 1. The van der Waals surface area contributed by atoms with E-state index in [4.69, 9.17) is 0 Å². The van der Waals surface area contributed by atoms with Crippen LogP contribution in [0.4, 0.5) is 0 Å². The van der Waals surface area contributed by atoms with E-state index in [1.54, 1.807) is 17.0 Å². The van der Waals surface area contributed by atoms with E-state index >= 15 is 0 Å². The number of nitrogens with zero attached hydrogens (tertiary/aromatic N) is 4. The SMILES string of the molecule is C=CCn1c(=O)c2c(ncn2Cc2cccc(C)c2)n(-c2ccc(C)cc2)c1=O. The van der Waals surface area contributed by atoms with Crippen LogP contribution in [-0.4, -0.2) is 18.7 Å². The fourth-order valence-corrected chi connectivity index (χ4v) is 3.52. The molecule has 146 valence electrons. The monoisotopic (exact) mass is 386 g/mol. The number of hydrogen-bond donors (Lipinski definition) is 0. The van der Waals surface area contributed by atoms with Gasteiger partial charge in [-0.05, 0) is 31.5 Å². The summed E-state index contributed by atoms with van der Waals surface area (Å²) in [7, 11) is 0. The topological polar surface area (TPSA) is 61.8 Å². The maximum absolute atomic E-state index is 13.2. The van der Waals surface area contributed by atoms with Gasteiger partial charge in [0.15, 0.2) is 11.2 Å². The van der Waals surface area contributed by atoms with Gasteiger partial charge < -0.3 is 4.57 Å². The summed E-state index contributed by atoms with van der Waals surface area (Å²) in [6.07, 6.45) is 3.17. The van der Waals surface area contributed by atoms with Crippen LogP contribution in [0.2, 0.25) is 0 Å². The van der Waals surface area contributed by atoms with Crippen LogP contribution in [-0.2, 0) is 13.1 Å². The summed E-state index contributed by atoms with van der Waals surface area (Å²) < 4.78 is 4.49. The van der Waals surface area contributed by atoms with Gasteiger partial charge in [-0.2, -0.15) is 0 Å². The van der Waals surface area contributed by atoms with Crippen LogP contribution >= 0.6 is 0 Å². The molecule has 0 unspecified atom stereocenters. The number of imidazole rings is 1. The van der Waals surface area contributed by atoms with E-state index in [1.165, 1.54) is 9.13 Å². The standard InChI is InChI=1S/C23H22N4O2/c1-4-12-26-22(28)20-21(27(23(26)29)19-10-8-16(2)9-11-19)24-15-25(20)14-18-7-5-6-17(3)13-18/h4-11,13,15H,1,12,14H2,2-3H3. The van der Waals surface area contributed by atoms with Crippen molar-refractivity contribution >= 4 is 11.2 Å². The van der Waals surface area contributed by atoms with E-state index in [0.717, 1.165) is 16.7 Å². The summed E-state index contributed by atoms with van der Waals surface area (Å²) in [5.74, 6) is 0. The zero-order valence-electron chi connectivity index (χ0n) is 16.5. The van der Waals surface area contributed by atoms with Gasteiger partial charge in [0.05, 0.1) is 12.0 Å². The third-order valence-corrected chi connectivity index (χ3v) is 4.94. The molecule has 0 saturated heterocycles. The molecule has 0 bridgehead atoms. The van der Waals surface area contributed by atoms with E-state index in [2.05, 4.69) is 17.6 Å². The van der Waals surface area contributed by atoms with Crippen LogP contribution in [0.3, 0.4) is 0 Å². The molecule has 0 aliphatic carbocycles. The highest BCUT2D eigenvalue weighted by Gasteiger charge is 2.18. The van der Waals surface area contributed by atoms with Crippen molar-refractivity contribution in [2.45, 2.75) is 26.9 Å². The second kappa shape index (κ2) is 7.39. The maximum atomic E-state index is 13.2. The van der Waals surface area contributed by atoms with Gasteiger partial charge in [-0.15, -0.1) is 6.58 Å². The van der Waals surface area contributed by atoms with Crippen LogP contribution in [0, 0.1) is 13.8 Å². The van der Waals surface area contributed by atoms with Crippen LogP contribution in [0.15, 0.2) is 77.1 Å². The summed E-state index contributed by atoms with van der Waals surface area (Å²) in [4.78, 5) is 30.7. The molecular weight excluding hydrogens is 364 g/mol. The first-order valence-corrected chi connectivity index (χ1v) is 9.44. The Morgan fingerprint density at radius 2 is 1.79 bits per heavy atom. The Morgan fingerprint density at radius 1 is 1.03 bits per heavy atom. The normalized spacial score (nSPS) is 11.1. The smallest absolute Gasteiger partial charge is 0.320 e. The number of rotatable bonds is 5. The van der Waals surface area contributed by atoms with Crippen molar-refractivity contribution in [1.82, 2.24) is 18.7 Å². The van der Waals surface area contributed by atoms with Gasteiger partial charge in [-0.3, -0.25) is 9.36 Å². The third kappa shape index (κ3) is 3.33. The lowest BCUT2D eigenvalue weighted by molar-refractivity contribution is 0.690. The molecule has 0 radical (unpaired) electrons. The van der Waals surface area contributed by atoms with E-state index in [1.807, 2.05) is 56.3 Å². The summed E-state index contributed by atoms with van der Waals surface area (Å²) in [5.41, 5.74) is 3.93. The first-order chi connectivity index (χ1) is 14.0. The average Bonchev–Trinajstić information content (AvgIpc) is 3.10. The van der Waals surface area contributed by atoms with Crippen molar-refractivity contribution in [3.05, 3.63) is 105 Å².